The van der Waals surface area contributed by atoms with Gasteiger partial charge >= 0.3 is 18.2 Å². The summed E-state index contributed by atoms with van der Waals surface area (Å²) in [4.78, 5) is 42.8. The Kier molecular flexibility index (Phi) is 9.58. The first-order chi connectivity index (χ1) is 18.6. The van der Waals surface area contributed by atoms with Gasteiger partial charge in [0.25, 0.3) is 0 Å². The molecule has 0 spiro atoms. The molecule has 0 radical (unpaired) electrons. The van der Waals surface area contributed by atoms with E-state index >= 15 is 0 Å². The number of nitrogens with zero attached hydrogens (tertiary/aromatic N) is 3. The molecule has 10 nitrogen and oxygen atoms in total. The average molecular weight is 544 g/mol. The smallest absolute Gasteiger partial charge is 0.411 e. The minimum absolute atomic E-state index is 0.0181. The van der Waals surface area contributed by atoms with Gasteiger partial charge in [-0.1, -0.05) is 24.3 Å². The summed E-state index contributed by atoms with van der Waals surface area (Å²) < 4.78 is 10.5. The molecule has 3 fully saturated rings. The number of benzene rings is 1. The number of hydrogen-bond acceptors (Lipinski definition) is 6. The molecule has 4 rings (SSSR count). The highest BCUT2D eigenvalue weighted by Gasteiger charge is 2.36. The van der Waals surface area contributed by atoms with Gasteiger partial charge in [-0.15, -0.1) is 0 Å². The number of amides is 4. The van der Waals surface area contributed by atoms with Crippen LogP contribution >= 0.6 is 0 Å². The molecule has 216 valence electrons. The molecule has 2 heterocycles. The van der Waals surface area contributed by atoms with Gasteiger partial charge in [0.1, 0.15) is 12.2 Å². The lowest BCUT2D eigenvalue weighted by Gasteiger charge is -2.46. The Morgan fingerprint density at radius 2 is 1.59 bits per heavy atom. The molecule has 39 heavy (non-hydrogen) atoms. The lowest BCUT2D eigenvalue weighted by Crippen LogP contribution is -2.60. The second kappa shape index (κ2) is 12.9. The number of ether oxygens (including phenoxy) is 2. The van der Waals surface area contributed by atoms with Crippen molar-refractivity contribution in [1.82, 2.24) is 20.0 Å². The summed E-state index contributed by atoms with van der Waals surface area (Å²) in [6.45, 7) is 9.43. The van der Waals surface area contributed by atoms with Crippen molar-refractivity contribution in [2.45, 2.75) is 96.1 Å². The van der Waals surface area contributed by atoms with Crippen molar-refractivity contribution in [3.8, 4) is 0 Å². The lowest BCUT2D eigenvalue weighted by molar-refractivity contribution is -0.0338. The summed E-state index contributed by atoms with van der Waals surface area (Å²) in [7, 11) is 0. The first-order valence-electron chi connectivity index (χ1n) is 14.4. The van der Waals surface area contributed by atoms with Gasteiger partial charge in [0.15, 0.2) is 0 Å². The van der Waals surface area contributed by atoms with Gasteiger partial charge in [0.05, 0.1) is 6.17 Å². The normalized spacial score (nSPS) is 24.6. The number of carbonyl (C=O) groups is 3. The molecule has 1 unspecified atom stereocenters. The third-order valence-corrected chi connectivity index (χ3v) is 8.01. The fourth-order valence-corrected chi connectivity index (χ4v) is 5.93. The standard InChI is InChI=1S/C29H45N5O5/c1-29(2,3)39-28(37)34-15-5-4-6-25(34)32-16-18-33(19-17-32)27(36)31-24-13-11-23(12-14-24)22-9-7-21(8-10-22)20-38-26(30)35/h7-10,23-25H,4-6,11-20H2,1-3H3,(H2,30,35)(H,31,36)/t23-,24-,25?. The molecule has 1 aromatic rings. The zero-order chi connectivity index (χ0) is 28.0. The van der Waals surface area contributed by atoms with Crippen molar-refractivity contribution in [3.63, 3.8) is 0 Å². The van der Waals surface area contributed by atoms with Crippen molar-refractivity contribution >= 4 is 18.2 Å². The zero-order valence-corrected chi connectivity index (χ0v) is 23.7. The van der Waals surface area contributed by atoms with E-state index in [1.54, 1.807) is 0 Å². The number of primary amides is 1. The second-order valence-corrected chi connectivity index (χ2v) is 12.0. The van der Waals surface area contributed by atoms with Gasteiger partial charge < -0.3 is 25.4 Å². The van der Waals surface area contributed by atoms with Crippen LogP contribution in [0.25, 0.3) is 0 Å². The van der Waals surface area contributed by atoms with Gasteiger partial charge in [0.2, 0.25) is 0 Å². The molecule has 2 aliphatic heterocycles. The van der Waals surface area contributed by atoms with Crippen LogP contribution < -0.4 is 11.1 Å². The number of piperidine rings is 1. The molecule has 0 aromatic heterocycles. The predicted molar refractivity (Wildman–Crippen MR) is 148 cm³/mol. The number of piperazine rings is 1. The minimum Gasteiger partial charge on any atom is -0.445 e. The molecule has 10 heteroatoms. The third kappa shape index (κ3) is 8.24. The molecule has 3 N–H and O–H groups in total. The fourth-order valence-electron chi connectivity index (χ4n) is 5.93. The Labute approximate surface area is 232 Å². The van der Waals surface area contributed by atoms with Crippen LogP contribution in [0.2, 0.25) is 0 Å². The number of hydrogen-bond donors (Lipinski definition) is 2. The van der Waals surface area contributed by atoms with E-state index in [9.17, 15) is 14.4 Å². The highest BCUT2D eigenvalue weighted by molar-refractivity contribution is 5.74. The summed E-state index contributed by atoms with van der Waals surface area (Å²) in [6.07, 6.45) is 6.03. The number of nitrogens with two attached hydrogens (primary N) is 1. The number of rotatable bonds is 5. The highest BCUT2D eigenvalue weighted by Crippen LogP contribution is 2.33. The molecular weight excluding hydrogens is 498 g/mol. The average Bonchev–Trinajstić information content (AvgIpc) is 2.92. The van der Waals surface area contributed by atoms with Crippen LogP contribution in [0.5, 0.6) is 0 Å². The van der Waals surface area contributed by atoms with Gasteiger partial charge in [-0.05, 0) is 82.8 Å². The lowest BCUT2D eigenvalue weighted by atomic mass is 9.81. The molecule has 1 saturated carbocycles. The molecule has 3 aliphatic rings. The Morgan fingerprint density at radius 1 is 0.923 bits per heavy atom. The summed E-state index contributed by atoms with van der Waals surface area (Å²) >= 11 is 0. The largest absolute Gasteiger partial charge is 0.445 e. The number of likely N-dealkylation sites (tertiary alicyclic amines) is 1. The van der Waals surface area contributed by atoms with E-state index in [2.05, 4.69) is 22.3 Å². The summed E-state index contributed by atoms with van der Waals surface area (Å²) in [5.74, 6) is 0.469. The SMILES string of the molecule is CC(C)(C)OC(=O)N1CCCCC1N1CCN(C(=O)N[C@H]2CC[C@H](c3ccc(COC(N)=O)cc3)CC2)CC1. The Balaban J connectivity index is 1.20. The van der Waals surface area contributed by atoms with E-state index in [-0.39, 0.29) is 30.9 Å². The predicted octanol–water partition coefficient (Wildman–Crippen LogP) is 4.38. The van der Waals surface area contributed by atoms with Crippen molar-refractivity contribution in [2.24, 2.45) is 5.73 Å². The van der Waals surface area contributed by atoms with Crippen molar-refractivity contribution in [1.29, 1.82) is 0 Å². The highest BCUT2D eigenvalue weighted by atomic mass is 16.6. The molecular formula is C29H45N5O5. The molecule has 1 atom stereocenters. The second-order valence-electron chi connectivity index (χ2n) is 12.0. The molecule has 2 saturated heterocycles. The summed E-state index contributed by atoms with van der Waals surface area (Å²) in [5.41, 5.74) is 6.72. The first-order valence-corrected chi connectivity index (χ1v) is 14.4. The fraction of sp³-hybridized carbons (Fsp3) is 0.690. The maximum atomic E-state index is 13.0. The molecule has 1 aromatic carbocycles. The minimum atomic E-state index is -0.768. The van der Waals surface area contributed by atoms with E-state index < -0.39 is 11.7 Å². The van der Waals surface area contributed by atoms with E-state index in [1.165, 1.54) is 5.56 Å². The Hall–Kier alpha value is -3.01. The Morgan fingerprint density at radius 3 is 2.21 bits per heavy atom. The van der Waals surface area contributed by atoms with Crippen molar-refractivity contribution in [3.05, 3.63) is 35.4 Å². The van der Waals surface area contributed by atoms with Crippen molar-refractivity contribution in [2.75, 3.05) is 32.7 Å². The molecule has 0 bridgehead atoms. The van der Waals surface area contributed by atoms with Crippen LogP contribution in [0.3, 0.4) is 0 Å². The third-order valence-electron chi connectivity index (χ3n) is 8.01. The van der Waals surface area contributed by atoms with Crippen LogP contribution in [0, 0.1) is 0 Å². The van der Waals surface area contributed by atoms with Gasteiger partial charge in [-0.2, -0.15) is 0 Å². The van der Waals surface area contributed by atoms with E-state index in [0.717, 1.165) is 70.1 Å². The summed E-state index contributed by atoms with van der Waals surface area (Å²) in [5, 5.41) is 3.27. The monoisotopic (exact) mass is 543 g/mol. The quantitative estimate of drug-likeness (QED) is 0.569. The van der Waals surface area contributed by atoms with Gasteiger partial charge in [-0.25, -0.2) is 14.4 Å². The zero-order valence-electron chi connectivity index (χ0n) is 23.7. The van der Waals surface area contributed by atoms with Crippen LogP contribution in [-0.4, -0.2) is 83.4 Å². The number of urea groups is 1. The van der Waals surface area contributed by atoms with Gasteiger partial charge in [-0.3, -0.25) is 9.80 Å². The maximum Gasteiger partial charge on any atom is 0.411 e. The van der Waals surface area contributed by atoms with Crippen LogP contribution in [-0.2, 0) is 16.1 Å². The van der Waals surface area contributed by atoms with Crippen LogP contribution in [0.1, 0.15) is 82.8 Å². The van der Waals surface area contributed by atoms with E-state index in [1.807, 2.05) is 42.7 Å². The van der Waals surface area contributed by atoms with Gasteiger partial charge in [0, 0.05) is 38.8 Å². The molecule has 4 amide bonds. The number of nitrogens with one attached hydrogen (secondary N) is 1. The number of carbonyl (C=O) groups excluding carboxylic acids is 3. The van der Waals surface area contributed by atoms with E-state index in [0.29, 0.717) is 19.0 Å². The Bertz CT molecular complexity index is 979. The van der Waals surface area contributed by atoms with Crippen molar-refractivity contribution < 1.29 is 23.9 Å². The topological polar surface area (TPSA) is 117 Å². The maximum absolute atomic E-state index is 13.0. The summed E-state index contributed by atoms with van der Waals surface area (Å²) in [6, 6.07) is 8.36. The molecule has 1 aliphatic carbocycles. The van der Waals surface area contributed by atoms with E-state index in [4.69, 9.17) is 15.2 Å². The first kappa shape index (κ1) is 29.0. The van der Waals surface area contributed by atoms with Crippen LogP contribution in [0.4, 0.5) is 14.4 Å². The van der Waals surface area contributed by atoms with Crippen LogP contribution in [0.15, 0.2) is 24.3 Å².